The summed E-state index contributed by atoms with van der Waals surface area (Å²) in [6.45, 7) is 6.54. The molecular weight excluding hydrogens is 306 g/mol. The Balaban J connectivity index is 2.19. The quantitative estimate of drug-likeness (QED) is 0.923. The number of likely N-dealkylation sites (tertiary alicyclic amines) is 1. The van der Waals surface area contributed by atoms with E-state index in [9.17, 15) is 4.79 Å². The van der Waals surface area contributed by atoms with Gasteiger partial charge in [0.1, 0.15) is 5.69 Å². The van der Waals surface area contributed by atoms with Crippen molar-refractivity contribution in [3.05, 3.63) is 22.4 Å². The smallest absolute Gasteiger partial charge is 0.270 e. The lowest BCUT2D eigenvalue weighted by molar-refractivity contribution is 0.0732. The molecular formula is C14H22BrN3O. The van der Waals surface area contributed by atoms with Crippen LogP contribution in [0.4, 0.5) is 0 Å². The minimum atomic E-state index is 0.127. The van der Waals surface area contributed by atoms with Crippen LogP contribution < -0.4 is 5.73 Å². The fourth-order valence-corrected chi connectivity index (χ4v) is 3.29. The molecule has 0 aromatic carbocycles. The highest BCUT2D eigenvalue weighted by Gasteiger charge is 2.33. The summed E-state index contributed by atoms with van der Waals surface area (Å²) < 4.78 is 3.00. The van der Waals surface area contributed by atoms with E-state index >= 15 is 0 Å². The molecule has 1 fully saturated rings. The molecule has 4 nitrogen and oxygen atoms in total. The Morgan fingerprint density at radius 3 is 2.89 bits per heavy atom. The molecule has 1 amide bonds. The Kier molecular flexibility index (Phi) is 4.68. The van der Waals surface area contributed by atoms with Gasteiger partial charge in [-0.2, -0.15) is 0 Å². The fourth-order valence-electron chi connectivity index (χ4n) is 2.82. The fraction of sp³-hybridized carbons (Fsp3) is 0.643. The van der Waals surface area contributed by atoms with Gasteiger partial charge >= 0.3 is 0 Å². The first kappa shape index (κ1) is 14.6. The van der Waals surface area contributed by atoms with E-state index in [1.165, 1.54) is 0 Å². The second-order valence-electron chi connectivity index (χ2n) is 5.38. The topological polar surface area (TPSA) is 51.3 Å². The molecule has 0 aliphatic carbocycles. The zero-order chi connectivity index (χ0) is 14.0. The van der Waals surface area contributed by atoms with E-state index in [4.69, 9.17) is 5.73 Å². The summed E-state index contributed by atoms with van der Waals surface area (Å²) in [6.07, 6.45) is 4.01. The molecule has 2 N–H and O–H groups in total. The Hall–Kier alpha value is -0.810. The van der Waals surface area contributed by atoms with Gasteiger partial charge in [-0.3, -0.25) is 4.79 Å². The maximum atomic E-state index is 12.7. The van der Waals surface area contributed by atoms with Gasteiger partial charge in [-0.1, -0.05) is 6.92 Å². The lowest BCUT2D eigenvalue weighted by Crippen LogP contribution is -2.35. The standard InChI is InChI=1S/C14H22BrN3O/c1-3-4-17-9-12(15)6-13(17)14(19)18-8-11(7-16)5-10(18)2/h6,9-11H,3-5,7-8,16H2,1-2H3. The molecule has 2 unspecified atom stereocenters. The van der Waals surface area contributed by atoms with Crippen LogP contribution in [0.1, 0.15) is 37.2 Å². The van der Waals surface area contributed by atoms with Crippen LogP contribution in [-0.4, -0.2) is 34.5 Å². The molecule has 0 saturated carbocycles. The van der Waals surface area contributed by atoms with Gasteiger partial charge in [-0.05, 0) is 54.2 Å². The van der Waals surface area contributed by atoms with Crippen LogP contribution in [0.2, 0.25) is 0 Å². The van der Waals surface area contributed by atoms with Gasteiger partial charge in [0.15, 0.2) is 0 Å². The van der Waals surface area contributed by atoms with Gasteiger partial charge < -0.3 is 15.2 Å². The molecule has 1 aromatic rings. The first-order valence-electron chi connectivity index (χ1n) is 6.93. The predicted molar refractivity (Wildman–Crippen MR) is 80.1 cm³/mol. The largest absolute Gasteiger partial charge is 0.342 e. The summed E-state index contributed by atoms with van der Waals surface area (Å²) in [7, 11) is 0. The summed E-state index contributed by atoms with van der Waals surface area (Å²) in [6, 6.07) is 2.20. The second-order valence-corrected chi connectivity index (χ2v) is 6.30. The monoisotopic (exact) mass is 327 g/mol. The van der Waals surface area contributed by atoms with Gasteiger partial charge in [0.05, 0.1) is 0 Å². The van der Waals surface area contributed by atoms with Crippen LogP contribution in [0.15, 0.2) is 16.7 Å². The molecule has 106 valence electrons. The number of nitrogens with zero attached hydrogens (tertiary/aromatic N) is 2. The molecule has 0 bridgehead atoms. The summed E-state index contributed by atoms with van der Waals surface area (Å²) >= 11 is 3.46. The van der Waals surface area contributed by atoms with Crippen molar-refractivity contribution < 1.29 is 4.79 Å². The zero-order valence-corrected chi connectivity index (χ0v) is 13.2. The average molecular weight is 328 g/mol. The number of hydrogen-bond acceptors (Lipinski definition) is 2. The van der Waals surface area contributed by atoms with Crippen molar-refractivity contribution in [2.24, 2.45) is 11.7 Å². The lowest BCUT2D eigenvalue weighted by atomic mass is 10.1. The van der Waals surface area contributed by atoms with Crippen molar-refractivity contribution in [2.45, 2.75) is 39.3 Å². The van der Waals surface area contributed by atoms with Crippen molar-refractivity contribution in [2.75, 3.05) is 13.1 Å². The Morgan fingerprint density at radius 2 is 2.32 bits per heavy atom. The van der Waals surface area contributed by atoms with Crippen molar-refractivity contribution in [1.82, 2.24) is 9.47 Å². The van der Waals surface area contributed by atoms with E-state index in [-0.39, 0.29) is 11.9 Å². The lowest BCUT2D eigenvalue weighted by Gasteiger charge is -2.22. The molecule has 2 rings (SSSR count). The highest BCUT2D eigenvalue weighted by molar-refractivity contribution is 9.10. The molecule has 19 heavy (non-hydrogen) atoms. The van der Waals surface area contributed by atoms with Crippen LogP contribution >= 0.6 is 15.9 Å². The van der Waals surface area contributed by atoms with Gasteiger partial charge in [-0.15, -0.1) is 0 Å². The average Bonchev–Trinajstić information content (AvgIpc) is 2.92. The number of rotatable bonds is 4. The number of aryl methyl sites for hydroxylation is 1. The third-order valence-corrected chi connectivity index (χ3v) is 4.24. The maximum absolute atomic E-state index is 12.7. The highest BCUT2D eigenvalue weighted by atomic mass is 79.9. The van der Waals surface area contributed by atoms with Gasteiger partial charge in [0.2, 0.25) is 0 Å². The Labute approximate surface area is 123 Å². The number of amides is 1. The molecule has 0 radical (unpaired) electrons. The van der Waals surface area contributed by atoms with Crippen molar-refractivity contribution in [1.29, 1.82) is 0 Å². The second kappa shape index (κ2) is 6.09. The molecule has 1 aromatic heterocycles. The number of carbonyl (C=O) groups excluding carboxylic acids is 1. The van der Waals surface area contributed by atoms with Crippen LogP contribution in [0.3, 0.4) is 0 Å². The van der Waals surface area contributed by atoms with Crippen LogP contribution in [0.25, 0.3) is 0 Å². The minimum absolute atomic E-state index is 0.127. The number of halogens is 1. The third-order valence-electron chi connectivity index (χ3n) is 3.80. The molecule has 5 heteroatoms. The zero-order valence-electron chi connectivity index (χ0n) is 11.6. The Bertz CT molecular complexity index is 458. The third kappa shape index (κ3) is 3.03. The maximum Gasteiger partial charge on any atom is 0.270 e. The van der Waals surface area contributed by atoms with E-state index in [0.717, 1.165) is 36.1 Å². The van der Waals surface area contributed by atoms with Crippen molar-refractivity contribution in [3.8, 4) is 0 Å². The molecule has 2 heterocycles. The number of nitrogens with two attached hydrogens (primary N) is 1. The normalized spacial score (nSPS) is 23.1. The first-order valence-corrected chi connectivity index (χ1v) is 7.72. The van der Waals surface area contributed by atoms with E-state index < -0.39 is 0 Å². The van der Waals surface area contributed by atoms with E-state index in [0.29, 0.717) is 12.5 Å². The van der Waals surface area contributed by atoms with E-state index in [2.05, 4.69) is 29.8 Å². The number of carbonyl (C=O) groups is 1. The predicted octanol–water partition coefficient (Wildman–Crippen LogP) is 2.47. The van der Waals surface area contributed by atoms with E-state index in [1.807, 2.05) is 21.7 Å². The molecule has 0 spiro atoms. The summed E-state index contributed by atoms with van der Waals surface area (Å²) in [5, 5.41) is 0. The molecule has 1 aliphatic rings. The SMILES string of the molecule is CCCn1cc(Br)cc1C(=O)N1CC(CN)CC1C. The summed E-state index contributed by atoms with van der Waals surface area (Å²) in [4.78, 5) is 14.6. The Morgan fingerprint density at radius 1 is 1.58 bits per heavy atom. The molecule has 2 atom stereocenters. The minimum Gasteiger partial charge on any atom is -0.342 e. The first-order chi connectivity index (χ1) is 9.06. The van der Waals surface area contributed by atoms with E-state index in [1.54, 1.807) is 0 Å². The summed E-state index contributed by atoms with van der Waals surface area (Å²) in [5.74, 6) is 0.569. The van der Waals surface area contributed by atoms with Crippen LogP contribution in [0.5, 0.6) is 0 Å². The van der Waals surface area contributed by atoms with Crippen molar-refractivity contribution >= 4 is 21.8 Å². The summed E-state index contributed by atoms with van der Waals surface area (Å²) in [5.41, 5.74) is 6.50. The highest BCUT2D eigenvalue weighted by Crippen LogP contribution is 2.25. The molecule has 1 saturated heterocycles. The molecule has 1 aliphatic heterocycles. The van der Waals surface area contributed by atoms with Gasteiger partial charge in [0, 0.05) is 29.8 Å². The van der Waals surface area contributed by atoms with Crippen LogP contribution in [0, 0.1) is 5.92 Å². The van der Waals surface area contributed by atoms with Crippen LogP contribution in [-0.2, 0) is 6.54 Å². The van der Waals surface area contributed by atoms with Gasteiger partial charge in [-0.25, -0.2) is 0 Å². The number of aromatic nitrogens is 1. The van der Waals surface area contributed by atoms with Gasteiger partial charge in [0.25, 0.3) is 5.91 Å². The number of hydrogen-bond donors (Lipinski definition) is 1. The van der Waals surface area contributed by atoms with Crippen molar-refractivity contribution in [3.63, 3.8) is 0 Å².